The fraction of sp³-hybridized carbons (Fsp3) is 0.364. The third-order valence-corrected chi connectivity index (χ3v) is 3.28. The molecule has 0 saturated heterocycles. The van der Waals surface area contributed by atoms with Crippen molar-refractivity contribution >= 4 is 17.6 Å². The smallest absolute Gasteiger partial charge is 0.339 e. The fourth-order valence-corrected chi connectivity index (χ4v) is 2.36. The summed E-state index contributed by atoms with van der Waals surface area (Å²) in [5.74, 6) is 1.32. The zero-order chi connectivity index (χ0) is 14.7. The molecule has 0 fully saturated rings. The summed E-state index contributed by atoms with van der Waals surface area (Å²) in [6.45, 7) is 4.50. The molecule has 9 heteroatoms. The van der Waals surface area contributed by atoms with Gasteiger partial charge in [0.25, 0.3) is 0 Å². The van der Waals surface area contributed by atoms with Crippen LogP contribution in [0.2, 0.25) is 0 Å². The van der Waals surface area contributed by atoms with Gasteiger partial charge in [-0.2, -0.15) is 4.98 Å². The Bertz CT molecular complexity index is 738. The zero-order valence-electron chi connectivity index (χ0n) is 11.3. The number of aromatic nitrogens is 5. The predicted octanol–water partition coefficient (Wildman–Crippen LogP) is 0.150. The van der Waals surface area contributed by atoms with Crippen LogP contribution in [-0.2, 0) is 7.05 Å². The van der Waals surface area contributed by atoms with Crippen LogP contribution in [0.5, 0.6) is 0 Å². The van der Waals surface area contributed by atoms with Crippen LogP contribution in [0, 0.1) is 6.92 Å². The molecule has 0 amide bonds. The van der Waals surface area contributed by atoms with E-state index in [2.05, 4.69) is 25.4 Å². The Labute approximate surface area is 118 Å². The second kappa shape index (κ2) is 5.87. The number of H-pyrrole nitrogens is 1. The van der Waals surface area contributed by atoms with Crippen LogP contribution in [0.25, 0.3) is 0 Å². The van der Waals surface area contributed by atoms with Gasteiger partial charge in [-0.25, -0.2) is 9.97 Å². The Kier molecular flexibility index (Phi) is 4.18. The molecule has 2 rings (SSSR count). The van der Waals surface area contributed by atoms with Gasteiger partial charge in [-0.05, 0) is 25.6 Å². The van der Waals surface area contributed by atoms with E-state index in [1.165, 1.54) is 16.4 Å². The summed E-state index contributed by atoms with van der Waals surface area (Å²) in [6, 6.07) is 1.76. The van der Waals surface area contributed by atoms with Crippen LogP contribution in [0.3, 0.4) is 0 Å². The number of nitrogens with zero attached hydrogens (tertiary/aromatic N) is 4. The van der Waals surface area contributed by atoms with E-state index in [9.17, 15) is 9.59 Å². The lowest BCUT2D eigenvalue weighted by atomic mass is 10.5. The molecular weight excluding hydrogens is 280 g/mol. The first-order valence-electron chi connectivity index (χ1n) is 5.94. The molecule has 0 aromatic carbocycles. The van der Waals surface area contributed by atoms with Gasteiger partial charge in [-0.1, -0.05) is 0 Å². The summed E-state index contributed by atoms with van der Waals surface area (Å²) in [5, 5.41) is 6.48. The van der Waals surface area contributed by atoms with Crippen molar-refractivity contribution in [3.63, 3.8) is 0 Å². The second-order valence-electron chi connectivity index (χ2n) is 3.97. The highest BCUT2D eigenvalue weighted by Gasteiger charge is 2.09. The Balaban J connectivity index is 2.37. The van der Waals surface area contributed by atoms with E-state index < -0.39 is 11.1 Å². The Hall–Kier alpha value is -2.16. The third-order valence-electron chi connectivity index (χ3n) is 2.32. The van der Waals surface area contributed by atoms with Gasteiger partial charge in [0.2, 0.25) is 0 Å². The summed E-state index contributed by atoms with van der Waals surface area (Å²) in [7, 11) is 1.61. The van der Waals surface area contributed by atoms with Crippen LogP contribution < -0.4 is 16.4 Å². The highest BCUT2D eigenvalue weighted by Crippen LogP contribution is 2.24. The number of hydrogen-bond acceptors (Lipinski definition) is 7. The van der Waals surface area contributed by atoms with Crippen molar-refractivity contribution in [2.75, 3.05) is 11.9 Å². The first kappa shape index (κ1) is 14.3. The van der Waals surface area contributed by atoms with Gasteiger partial charge in [0, 0.05) is 19.7 Å². The maximum atomic E-state index is 11.3. The quantitative estimate of drug-likeness (QED) is 0.610. The monoisotopic (exact) mass is 294 g/mol. The Morgan fingerprint density at radius 2 is 2.10 bits per heavy atom. The van der Waals surface area contributed by atoms with Gasteiger partial charge in [0.15, 0.2) is 5.16 Å². The average Bonchev–Trinajstić information content (AvgIpc) is 2.35. The van der Waals surface area contributed by atoms with Crippen molar-refractivity contribution in [3.05, 3.63) is 32.6 Å². The summed E-state index contributed by atoms with van der Waals surface area (Å²) in [4.78, 5) is 34.7. The van der Waals surface area contributed by atoms with E-state index in [0.717, 1.165) is 6.54 Å². The van der Waals surface area contributed by atoms with Crippen molar-refractivity contribution in [2.24, 2.45) is 7.05 Å². The topological polar surface area (TPSA) is 106 Å². The molecule has 2 N–H and O–H groups in total. The number of aromatic amines is 1. The second-order valence-corrected chi connectivity index (χ2v) is 4.96. The number of hydrogen-bond donors (Lipinski definition) is 2. The summed E-state index contributed by atoms with van der Waals surface area (Å²) in [6.07, 6.45) is 0. The Morgan fingerprint density at radius 3 is 2.80 bits per heavy atom. The van der Waals surface area contributed by atoms with Gasteiger partial charge < -0.3 is 5.32 Å². The summed E-state index contributed by atoms with van der Waals surface area (Å²) in [5.41, 5.74) is -1.56. The molecule has 0 aliphatic heterocycles. The van der Waals surface area contributed by atoms with Crippen molar-refractivity contribution in [1.29, 1.82) is 0 Å². The minimum Gasteiger partial charge on any atom is -0.370 e. The first-order valence-corrected chi connectivity index (χ1v) is 6.76. The van der Waals surface area contributed by atoms with Crippen LogP contribution in [0.15, 0.2) is 25.8 Å². The van der Waals surface area contributed by atoms with Crippen molar-refractivity contribution < 1.29 is 0 Å². The van der Waals surface area contributed by atoms with Crippen molar-refractivity contribution in [2.45, 2.75) is 24.0 Å². The van der Waals surface area contributed by atoms with Crippen molar-refractivity contribution in [3.8, 4) is 0 Å². The van der Waals surface area contributed by atoms with Gasteiger partial charge >= 0.3 is 11.1 Å². The molecule has 2 aromatic rings. The highest BCUT2D eigenvalue weighted by molar-refractivity contribution is 7.99. The van der Waals surface area contributed by atoms with E-state index in [-0.39, 0.29) is 0 Å². The normalized spacial score (nSPS) is 10.6. The minimum absolute atomic E-state index is 0.357. The average molecular weight is 294 g/mol. The van der Waals surface area contributed by atoms with Gasteiger partial charge in [-0.15, -0.1) is 0 Å². The number of rotatable bonds is 4. The lowest BCUT2D eigenvalue weighted by Crippen LogP contribution is -2.33. The van der Waals surface area contributed by atoms with Crippen LogP contribution in [0.1, 0.15) is 12.7 Å². The predicted molar refractivity (Wildman–Crippen MR) is 75.2 cm³/mol. The molecule has 2 aromatic heterocycles. The minimum atomic E-state index is -0.816. The van der Waals surface area contributed by atoms with Crippen LogP contribution >= 0.6 is 11.8 Å². The van der Waals surface area contributed by atoms with E-state index in [4.69, 9.17) is 0 Å². The molecular formula is C11H14N6O2S. The molecule has 0 saturated carbocycles. The molecule has 0 radical (unpaired) electrons. The number of nitrogens with one attached hydrogen (secondary N) is 2. The summed E-state index contributed by atoms with van der Waals surface area (Å²) >= 11 is 1.18. The number of aryl methyl sites for hydroxylation is 2. The van der Waals surface area contributed by atoms with E-state index in [1.54, 1.807) is 20.0 Å². The van der Waals surface area contributed by atoms with Gasteiger partial charge in [0.05, 0.1) is 0 Å². The highest BCUT2D eigenvalue weighted by atomic mass is 32.2. The lowest BCUT2D eigenvalue weighted by molar-refractivity contribution is 0.596. The van der Waals surface area contributed by atoms with Crippen LogP contribution in [0.4, 0.5) is 5.82 Å². The zero-order valence-corrected chi connectivity index (χ0v) is 12.1. The number of anilines is 1. The molecule has 0 aliphatic carbocycles. The molecule has 0 atom stereocenters. The molecule has 20 heavy (non-hydrogen) atoms. The molecule has 8 nitrogen and oxygen atoms in total. The standard InChI is InChI=1S/C11H14N6O2S/c1-4-12-7-5-8(14-6(2)13-7)20-11-15-9(18)10(19)16-17(11)3/h5H,4H2,1-3H3,(H,16,19)(H,12,13,14). The summed E-state index contributed by atoms with van der Waals surface area (Å²) < 4.78 is 1.39. The van der Waals surface area contributed by atoms with Gasteiger partial charge in [-0.3, -0.25) is 19.4 Å². The van der Waals surface area contributed by atoms with Crippen molar-refractivity contribution in [1.82, 2.24) is 24.7 Å². The van der Waals surface area contributed by atoms with Crippen LogP contribution in [-0.4, -0.2) is 31.3 Å². The molecule has 0 unspecified atom stereocenters. The molecule has 2 heterocycles. The third kappa shape index (κ3) is 3.23. The molecule has 0 bridgehead atoms. The first-order chi connectivity index (χ1) is 9.49. The van der Waals surface area contributed by atoms with E-state index in [1.807, 2.05) is 6.92 Å². The molecule has 0 spiro atoms. The van der Waals surface area contributed by atoms with E-state index in [0.29, 0.717) is 21.8 Å². The fourth-order valence-electron chi connectivity index (χ4n) is 1.51. The molecule has 106 valence electrons. The van der Waals surface area contributed by atoms with E-state index >= 15 is 0 Å². The Morgan fingerprint density at radius 1 is 1.35 bits per heavy atom. The maximum Gasteiger partial charge on any atom is 0.339 e. The maximum absolute atomic E-state index is 11.3. The molecule has 0 aliphatic rings. The largest absolute Gasteiger partial charge is 0.370 e. The lowest BCUT2D eigenvalue weighted by Gasteiger charge is -2.08. The SMILES string of the molecule is CCNc1cc(Sc2nc(=O)c(=O)[nH]n2C)nc(C)n1. The van der Waals surface area contributed by atoms with Gasteiger partial charge in [0.1, 0.15) is 16.7 Å².